The maximum Gasteiger partial charge on any atom is 0.251 e. The van der Waals surface area contributed by atoms with Crippen molar-refractivity contribution >= 4 is 17.5 Å². The van der Waals surface area contributed by atoms with E-state index in [9.17, 15) is 0 Å². The van der Waals surface area contributed by atoms with Gasteiger partial charge in [-0.15, -0.1) is 5.10 Å². The molecule has 6 nitrogen and oxygen atoms in total. The molecule has 1 N–H and O–H groups in total. The number of nitrogens with one attached hydrogen (secondary N) is 1. The van der Waals surface area contributed by atoms with Gasteiger partial charge in [0.05, 0.1) is 13.3 Å². The molecule has 0 aliphatic carbocycles. The Labute approximate surface area is 159 Å². The van der Waals surface area contributed by atoms with Gasteiger partial charge in [0.25, 0.3) is 5.95 Å². The van der Waals surface area contributed by atoms with Crippen LogP contribution in [0.25, 0.3) is 0 Å². The van der Waals surface area contributed by atoms with E-state index in [1.54, 1.807) is 13.3 Å². The maximum atomic E-state index is 5.27. The second-order valence-electron chi connectivity index (χ2n) is 6.55. The van der Waals surface area contributed by atoms with Gasteiger partial charge in [-0.05, 0) is 48.6 Å². The molecule has 2 heterocycles. The Bertz CT molecular complexity index is 914. The molecular formula is C21H23N5O. The summed E-state index contributed by atoms with van der Waals surface area (Å²) in [5.41, 5.74) is 3.73. The lowest BCUT2D eigenvalue weighted by Crippen LogP contribution is -2.26. The zero-order chi connectivity index (χ0) is 18.5. The largest absolute Gasteiger partial charge is 0.497 e. The number of fused-ring (bicyclic) bond motifs is 1. The molecule has 0 saturated carbocycles. The molecule has 0 fully saturated rings. The van der Waals surface area contributed by atoms with E-state index in [4.69, 9.17) is 4.74 Å². The van der Waals surface area contributed by atoms with Crippen molar-refractivity contribution in [3.8, 4) is 5.75 Å². The van der Waals surface area contributed by atoms with Crippen molar-refractivity contribution in [1.29, 1.82) is 0 Å². The van der Waals surface area contributed by atoms with E-state index in [-0.39, 0.29) is 0 Å². The Morgan fingerprint density at radius 3 is 3.00 bits per heavy atom. The van der Waals surface area contributed by atoms with Crippen LogP contribution in [0.1, 0.15) is 17.5 Å². The summed E-state index contributed by atoms with van der Waals surface area (Å²) in [6, 6.07) is 16.5. The monoisotopic (exact) mass is 361 g/mol. The first-order valence-electron chi connectivity index (χ1n) is 9.25. The summed E-state index contributed by atoms with van der Waals surface area (Å²) < 4.78 is 5.27. The number of para-hydroxylation sites is 1. The first kappa shape index (κ1) is 17.3. The van der Waals surface area contributed by atoms with Gasteiger partial charge >= 0.3 is 0 Å². The molecule has 0 bridgehead atoms. The fraction of sp³-hybridized carbons (Fsp3) is 0.286. The van der Waals surface area contributed by atoms with Crippen LogP contribution < -0.4 is 15.0 Å². The van der Waals surface area contributed by atoms with Gasteiger partial charge < -0.3 is 15.0 Å². The quantitative estimate of drug-likeness (QED) is 0.723. The van der Waals surface area contributed by atoms with E-state index in [0.29, 0.717) is 5.95 Å². The third-order valence-corrected chi connectivity index (χ3v) is 4.75. The van der Waals surface area contributed by atoms with Crippen molar-refractivity contribution in [2.45, 2.75) is 19.3 Å². The van der Waals surface area contributed by atoms with Crippen LogP contribution in [0.15, 0.2) is 54.7 Å². The summed E-state index contributed by atoms with van der Waals surface area (Å²) in [5, 5.41) is 11.8. The zero-order valence-corrected chi connectivity index (χ0v) is 15.4. The number of ether oxygens (including phenoxy) is 1. The lowest BCUT2D eigenvalue weighted by molar-refractivity contribution is 0.414. The number of benzene rings is 2. The van der Waals surface area contributed by atoms with Crippen LogP contribution in [-0.4, -0.2) is 35.4 Å². The Morgan fingerprint density at radius 2 is 2.07 bits per heavy atom. The molecule has 0 unspecified atom stereocenters. The minimum atomic E-state index is 0.647. The highest BCUT2D eigenvalue weighted by atomic mass is 16.5. The minimum Gasteiger partial charge on any atom is -0.497 e. The number of rotatable bonds is 6. The molecule has 2 aromatic carbocycles. The third-order valence-electron chi connectivity index (χ3n) is 4.75. The Kier molecular flexibility index (Phi) is 5.14. The van der Waals surface area contributed by atoms with E-state index in [0.717, 1.165) is 43.9 Å². The van der Waals surface area contributed by atoms with Crippen molar-refractivity contribution in [2.24, 2.45) is 0 Å². The molecule has 0 radical (unpaired) electrons. The van der Waals surface area contributed by atoms with Crippen LogP contribution in [0.2, 0.25) is 0 Å². The fourth-order valence-electron chi connectivity index (χ4n) is 3.40. The van der Waals surface area contributed by atoms with Gasteiger partial charge in [0.2, 0.25) is 0 Å². The van der Waals surface area contributed by atoms with Crippen LogP contribution in [0.3, 0.4) is 0 Å². The predicted octanol–water partition coefficient (Wildman–Crippen LogP) is 3.62. The molecule has 0 amide bonds. The molecule has 0 spiro atoms. The number of aryl methyl sites for hydroxylation is 1. The first-order chi connectivity index (χ1) is 13.3. The van der Waals surface area contributed by atoms with Crippen LogP contribution in [0.4, 0.5) is 17.5 Å². The molecule has 0 saturated heterocycles. The topological polar surface area (TPSA) is 63.2 Å². The average molecular weight is 361 g/mol. The molecule has 138 valence electrons. The average Bonchev–Trinajstić information content (AvgIpc) is 2.74. The summed E-state index contributed by atoms with van der Waals surface area (Å²) in [6.07, 6.45) is 4.74. The summed E-state index contributed by atoms with van der Waals surface area (Å²) in [5.74, 6) is 2.27. The van der Waals surface area contributed by atoms with Crippen LogP contribution in [-0.2, 0) is 12.8 Å². The highest BCUT2D eigenvalue weighted by molar-refractivity contribution is 5.63. The van der Waals surface area contributed by atoms with Gasteiger partial charge in [-0.2, -0.15) is 10.1 Å². The van der Waals surface area contributed by atoms with Crippen molar-refractivity contribution in [3.05, 3.63) is 65.9 Å². The lowest BCUT2D eigenvalue weighted by atomic mass is 10.0. The molecular weight excluding hydrogens is 338 g/mol. The molecule has 1 aliphatic heterocycles. The fourth-order valence-corrected chi connectivity index (χ4v) is 3.40. The summed E-state index contributed by atoms with van der Waals surface area (Å²) in [7, 11) is 1.68. The number of hydrogen-bond donors (Lipinski definition) is 1. The second kappa shape index (κ2) is 8.03. The van der Waals surface area contributed by atoms with Crippen LogP contribution >= 0.6 is 0 Å². The van der Waals surface area contributed by atoms with E-state index in [1.165, 1.54) is 16.8 Å². The summed E-state index contributed by atoms with van der Waals surface area (Å²) in [4.78, 5) is 6.83. The minimum absolute atomic E-state index is 0.647. The molecule has 0 atom stereocenters. The SMILES string of the molecule is COc1cccc(CCNc2cnnc(N3CCCc4ccccc43)n2)c1. The maximum absolute atomic E-state index is 5.27. The van der Waals surface area contributed by atoms with Crippen molar-refractivity contribution in [1.82, 2.24) is 15.2 Å². The van der Waals surface area contributed by atoms with E-state index in [1.807, 2.05) is 12.1 Å². The van der Waals surface area contributed by atoms with E-state index >= 15 is 0 Å². The smallest absolute Gasteiger partial charge is 0.251 e. The van der Waals surface area contributed by atoms with Gasteiger partial charge in [-0.3, -0.25) is 0 Å². The van der Waals surface area contributed by atoms with E-state index in [2.05, 4.69) is 61.8 Å². The molecule has 27 heavy (non-hydrogen) atoms. The summed E-state index contributed by atoms with van der Waals surface area (Å²) in [6.45, 7) is 1.67. The highest BCUT2D eigenvalue weighted by Gasteiger charge is 2.20. The third kappa shape index (κ3) is 4.00. The number of methoxy groups -OCH3 is 1. The number of anilines is 3. The highest BCUT2D eigenvalue weighted by Crippen LogP contribution is 2.31. The number of nitrogens with zero attached hydrogens (tertiary/aromatic N) is 4. The Hall–Kier alpha value is -3.15. The van der Waals surface area contributed by atoms with Crippen LogP contribution in [0, 0.1) is 0 Å². The standard InChI is InChI=1S/C21H23N5O/c1-27-18-9-4-6-16(14-18)11-12-22-20-15-23-25-21(24-20)26-13-5-8-17-7-2-3-10-19(17)26/h2-4,6-7,9-10,14-15H,5,8,11-13H2,1H3,(H,22,24,25). The Balaban J connectivity index is 1.44. The predicted molar refractivity (Wildman–Crippen MR) is 107 cm³/mol. The number of aromatic nitrogens is 3. The van der Waals surface area contributed by atoms with Gasteiger partial charge in [0.1, 0.15) is 5.75 Å². The van der Waals surface area contributed by atoms with Crippen molar-refractivity contribution in [2.75, 3.05) is 30.4 Å². The lowest BCUT2D eigenvalue weighted by Gasteiger charge is -2.29. The molecule has 6 heteroatoms. The first-order valence-corrected chi connectivity index (χ1v) is 9.25. The zero-order valence-electron chi connectivity index (χ0n) is 15.4. The molecule has 4 rings (SSSR count). The number of hydrogen-bond acceptors (Lipinski definition) is 6. The van der Waals surface area contributed by atoms with Gasteiger partial charge in [-0.1, -0.05) is 30.3 Å². The van der Waals surface area contributed by atoms with Crippen molar-refractivity contribution in [3.63, 3.8) is 0 Å². The second-order valence-corrected chi connectivity index (χ2v) is 6.55. The van der Waals surface area contributed by atoms with Crippen LogP contribution in [0.5, 0.6) is 5.75 Å². The molecule has 3 aromatic rings. The normalized spacial score (nSPS) is 13.1. The molecule has 1 aromatic heterocycles. The van der Waals surface area contributed by atoms with Gasteiger partial charge in [-0.25, -0.2) is 0 Å². The summed E-state index contributed by atoms with van der Waals surface area (Å²) >= 11 is 0. The van der Waals surface area contributed by atoms with E-state index < -0.39 is 0 Å². The van der Waals surface area contributed by atoms with Gasteiger partial charge in [0.15, 0.2) is 5.82 Å². The van der Waals surface area contributed by atoms with Gasteiger partial charge in [0, 0.05) is 18.8 Å². The Morgan fingerprint density at radius 1 is 1.15 bits per heavy atom. The van der Waals surface area contributed by atoms with Crippen molar-refractivity contribution < 1.29 is 4.74 Å². The molecule has 1 aliphatic rings.